The summed E-state index contributed by atoms with van der Waals surface area (Å²) >= 11 is 0. The second kappa shape index (κ2) is 7.73. The normalized spacial score (nSPS) is 14.5. The highest BCUT2D eigenvalue weighted by Crippen LogP contribution is 2.40. The molecule has 1 atom stereocenters. The molecule has 0 saturated heterocycles. The Bertz CT molecular complexity index is 917. The van der Waals surface area contributed by atoms with Gasteiger partial charge < -0.3 is 10.1 Å². The average Bonchev–Trinajstić information content (AvgIpc) is 3.49. The first-order valence-electron chi connectivity index (χ1n) is 8.94. The topological polar surface area (TPSA) is 90.3 Å². The molecule has 1 saturated carbocycles. The third-order valence-electron chi connectivity index (χ3n) is 4.83. The van der Waals surface area contributed by atoms with Gasteiger partial charge in [-0.15, -0.1) is 0 Å². The van der Waals surface area contributed by atoms with Gasteiger partial charge in [0.25, 0.3) is 11.5 Å². The lowest BCUT2D eigenvalue weighted by atomic mass is 10.0. The van der Waals surface area contributed by atoms with E-state index in [1.807, 2.05) is 30.3 Å². The Balaban J connectivity index is 1.66. The second-order valence-corrected chi connectivity index (χ2v) is 6.88. The van der Waals surface area contributed by atoms with Gasteiger partial charge >= 0.3 is 5.97 Å². The maximum absolute atomic E-state index is 12.4. The van der Waals surface area contributed by atoms with Gasteiger partial charge in [0.2, 0.25) is 0 Å². The lowest BCUT2D eigenvalue weighted by Crippen LogP contribution is -2.35. The Morgan fingerprint density at radius 2 is 1.93 bits per heavy atom. The lowest BCUT2D eigenvalue weighted by Gasteiger charge is -2.19. The van der Waals surface area contributed by atoms with Gasteiger partial charge in [-0.3, -0.25) is 9.59 Å². The van der Waals surface area contributed by atoms with Gasteiger partial charge in [0.1, 0.15) is 5.56 Å². The van der Waals surface area contributed by atoms with Crippen molar-refractivity contribution in [2.24, 2.45) is 13.0 Å². The van der Waals surface area contributed by atoms with E-state index in [1.54, 1.807) is 13.8 Å². The molecule has 1 heterocycles. The van der Waals surface area contributed by atoms with Crippen LogP contribution in [0, 0.1) is 19.8 Å². The highest BCUT2D eigenvalue weighted by Gasteiger charge is 2.33. The zero-order chi connectivity index (χ0) is 19.6. The smallest absolute Gasteiger partial charge is 0.344 e. The fraction of sp³-hybridized carbons (Fsp3) is 0.400. The van der Waals surface area contributed by atoms with Crippen molar-refractivity contribution in [1.29, 1.82) is 0 Å². The molecule has 1 aromatic carbocycles. The van der Waals surface area contributed by atoms with Crippen molar-refractivity contribution in [3.8, 4) is 0 Å². The minimum atomic E-state index is -0.809. The molecule has 7 nitrogen and oxygen atoms in total. The molecule has 1 unspecified atom stereocenters. The zero-order valence-electron chi connectivity index (χ0n) is 15.7. The van der Waals surface area contributed by atoms with E-state index in [9.17, 15) is 14.4 Å². The SMILES string of the molecule is Cc1nn(C)c(=O)c(C(=O)OCC(=O)NC(c2ccccc2)C2CC2)c1C. The third-order valence-corrected chi connectivity index (χ3v) is 4.83. The standard InChI is InChI=1S/C20H23N3O4/c1-12-13(2)22-23(3)19(25)17(12)20(26)27-11-16(24)21-18(15-9-10-15)14-7-5-4-6-8-14/h4-8,15,18H,9-11H2,1-3H3,(H,21,24). The molecule has 0 spiro atoms. The molecule has 0 aliphatic heterocycles. The van der Waals surface area contributed by atoms with Gasteiger partial charge in [-0.1, -0.05) is 30.3 Å². The molecule has 1 aromatic heterocycles. The van der Waals surface area contributed by atoms with Crippen molar-refractivity contribution >= 4 is 11.9 Å². The summed E-state index contributed by atoms with van der Waals surface area (Å²) < 4.78 is 6.20. The summed E-state index contributed by atoms with van der Waals surface area (Å²) in [5.41, 5.74) is 1.44. The van der Waals surface area contributed by atoms with Crippen LogP contribution in [0.1, 0.15) is 46.1 Å². The largest absolute Gasteiger partial charge is 0.452 e. The van der Waals surface area contributed by atoms with Crippen LogP contribution in [0.3, 0.4) is 0 Å². The van der Waals surface area contributed by atoms with Crippen LogP contribution in [-0.2, 0) is 16.6 Å². The van der Waals surface area contributed by atoms with Crippen molar-refractivity contribution in [1.82, 2.24) is 15.1 Å². The average molecular weight is 369 g/mol. The highest BCUT2D eigenvalue weighted by molar-refractivity contribution is 5.92. The van der Waals surface area contributed by atoms with E-state index < -0.39 is 18.1 Å². The molecule has 0 radical (unpaired) electrons. The second-order valence-electron chi connectivity index (χ2n) is 6.88. The van der Waals surface area contributed by atoms with Crippen LogP contribution in [0.4, 0.5) is 0 Å². The van der Waals surface area contributed by atoms with Crippen LogP contribution in [-0.4, -0.2) is 28.3 Å². The molecular formula is C20H23N3O4. The zero-order valence-corrected chi connectivity index (χ0v) is 15.7. The first-order chi connectivity index (χ1) is 12.9. The summed E-state index contributed by atoms with van der Waals surface area (Å²) in [6, 6.07) is 9.65. The summed E-state index contributed by atoms with van der Waals surface area (Å²) in [6.07, 6.45) is 2.12. The Morgan fingerprint density at radius 1 is 1.26 bits per heavy atom. The molecule has 7 heteroatoms. The van der Waals surface area contributed by atoms with E-state index >= 15 is 0 Å². The number of carbonyl (C=O) groups is 2. The highest BCUT2D eigenvalue weighted by atomic mass is 16.5. The lowest BCUT2D eigenvalue weighted by molar-refractivity contribution is -0.125. The molecule has 1 amide bonds. The fourth-order valence-corrected chi connectivity index (χ4v) is 3.07. The van der Waals surface area contributed by atoms with Gasteiger partial charge in [-0.05, 0) is 43.7 Å². The van der Waals surface area contributed by atoms with Gasteiger partial charge in [0, 0.05) is 7.05 Å². The fourth-order valence-electron chi connectivity index (χ4n) is 3.07. The number of hydrogen-bond donors (Lipinski definition) is 1. The summed E-state index contributed by atoms with van der Waals surface area (Å²) in [7, 11) is 1.47. The predicted molar refractivity (Wildman–Crippen MR) is 99.3 cm³/mol. The van der Waals surface area contributed by atoms with Crippen molar-refractivity contribution < 1.29 is 14.3 Å². The van der Waals surface area contributed by atoms with Gasteiger partial charge in [-0.2, -0.15) is 5.10 Å². The summed E-state index contributed by atoms with van der Waals surface area (Å²) in [4.78, 5) is 36.9. The first kappa shape index (κ1) is 18.8. The third kappa shape index (κ3) is 4.24. The van der Waals surface area contributed by atoms with Crippen LogP contribution < -0.4 is 10.9 Å². The minimum absolute atomic E-state index is 0.0837. The number of esters is 1. The number of amides is 1. The number of nitrogens with zero attached hydrogens (tertiary/aromatic N) is 2. The molecule has 1 fully saturated rings. The molecule has 2 aromatic rings. The van der Waals surface area contributed by atoms with Crippen LogP contribution in [0.25, 0.3) is 0 Å². The van der Waals surface area contributed by atoms with E-state index in [0.29, 0.717) is 17.2 Å². The number of aromatic nitrogens is 2. The quantitative estimate of drug-likeness (QED) is 0.785. The maximum Gasteiger partial charge on any atom is 0.344 e. The van der Waals surface area contributed by atoms with Crippen LogP contribution in [0.15, 0.2) is 35.1 Å². The van der Waals surface area contributed by atoms with E-state index in [0.717, 1.165) is 23.1 Å². The Morgan fingerprint density at radius 3 is 2.56 bits per heavy atom. The molecule has 142 valence electrons. The van der Waals surface area contributed by atoms with E-state index in [1.165, 1.54) is 7.05 Å². The monoisotopic (exact) mass is 369 g/mol. The minimum Gasteiger partial charge on any atom is -0.452 e. The van der Waals surface area contributed by atoms with Crippen LogP contribution >= 0.6 is 0 Å². The van der Waals surface area contributed by atoms with Gasteiger partial charge in [0.05, 0.1) is 11.7 Å². The van der Waals surface area contributed by atoms with Crippen molar-refractivity contribution in [2.45, 2.75) is 32.7 Å². The molecule has 1 aliphatic rings. The predicted octanol–water partition coefficient (Wildman–Crippen LogP) is 1.82. The number of aryl methyl sites for hydroxylation is 2. The molecule has 1 aliphatic carbocycles. The Hall–Kier alpha value is -2.96. The molecular weight excluding hydrogens is 346 g/mol. The van der Waals surface area contributed by atoms with Crippen LogP contribution in [0.2, 0.25) is 0 Å². The van der Waals surface area contributed by atoms with Crippen LogP contribution in [0.5, 0.6) is 0 Å². The summed E-state index contributed by atoms with van der Waals surface area (Å²) in [6.45, 7) is 2.91. The van der Waals surface area contributed by atoms with E-state index in [2.05, 4.69) is 10.4 Å². The number of carbonyl (C=O) groups excluding carboxylic acids is 2. The van der Waals surface area contributed by atoms with Crippen molar-refractivity contribution in [3.05, 3.63) is 63.1 Å². The number of nitrogens with one attached hydrogen (secondary N) is 1. The molecule has 0 bridgehead atoms. The molecule has 1 N–H and O–H groups in total. The van der Waals surface area contributed by atoms with E-state index in [4.69, 9.17) is 4.74 Å². The number of ether oxygens (including phenoxy) is 1. The Labute approximate surface area is 157 Å². The summed E-state index contributed by atoms with van der Waals surface area (Å²) in [5.74, 6) is -0.787. The van der Waals surface area contributed by atoms with Crippen molar-refractivity contribution in [3.63, 3.8) is 0 Å². The number of rotatable bonds is 6. The Kier molecular flexibility index (Phi) is 5.39. The van der Waals surface area contributed by atoms with Gasteiger partial charge in [0.15, 0.2) is 6.61 Å². The van der Waals surface area contributed by atoms with Crippen molar-refractivity contribution in [2.75, 3.05) is 6.61 Å². The van der Waals surface area contributed by atoms with Gasteiger partial charge in [-0.25, -0.2) is 9.48 Å². The number of benzene rings is 1. The number of hydrogen-bond acceptors (Lipinski definition) is 5. The maximum atomic E-state index is 12.4. The first-order valence-corrected chi connectivity index (χ1v) is 8.94. The summed E-state index contributed by atoms with van der Waals surface area (Å²) in [5, 5.41) is 6.97. The molecule has 27 heavy (non-hydrogen) atoms. The van der Waals surface area contributed by atoms with E-state index in [-0.39, 0.29) is 17.5 Å². The molecule has 3 rings (SSSR count).